The van der Waals surface area contributed by atoms with Gasteiger partial charge in [-0.05, 0) is 54.2 Å². The summed E-state index contributed by atoms with van der Waals surface area (Å²) in [7, 11) is 0. The Morgan fingerprint density at radius 2 is 1.81 bits per heavy atom. The van der Waals surface area contributed by atoms with Crippen molar-refractivity contribution in [2.45, 2.75) is 46.1 Å². The molecule has 1 heterocycles. The summed E-state index contributed by atoms with van der Waals surface area (Å²) in [5, 5.41) is 0. The summed E-state index contributed by atoms with van der Waals surface area (Å²) < 4.78 is 5.33. The van der Waals surface area contributed by atoms with Gasteiger partial charge in [0.15, 0.2) is 0 Å². The molecular weight excluding hydrogens is 326 g/mol. The van der Waals surface area contributed by atoms with E-state index < -0.39 is 0 Å². The van der Waals surface area contributed by atoms with Crippen molar-refractivity contribution in [1.29, 1.82) is 0 Å². The van der Waals surface area contributed by atoms with Gasteiger partial charge in [-0.15, -0.1) is 0 Å². The molecule has 0 N–H and O–H groups in total. The molecule has 1 aliphatic rings. The average molecular weight is 351 g/mol. The van der Waals surface area contributed by atoms with E-state index in [1.54, 1.807) is 13.0 Å². The first-order chi connectivity index (χ1) is 12.6. The SMILES string of the molecule is CCCCOC(=O)c1ccc2c(c1)CCc1ccccc1N(C(C)=O)C2. The monoisotopic (exact) mass is 351 g/mol. The third-order valence-corrected chi connectivity index (χ3v) is 4.83. The molecule has 0 saturated heterocycles. The second-order valence-electron chi connectivity index (χ2n) is 6.71. The third-order valence-electron chi connectivity index (χ3n) is 4.83. The molecule has 0 aromatic heterocycles. The summed E-state index contributed by atoms with van der Waals surface area (Å²) in [4.78, 5) is 26.3. The molecule has 2 aromatic carbocycles. The number of nitrogens with zero attached hydrogens (tertiary/aromatic N) is 1. The van der Waals surface area contributed by atoms with E-state index in [9.17, 15) is 9.59 Å². The van der Waals surface area contributed by atoms with Crippen LogP contribution in [0.2, 0.25) is 0 Å². The van der Waals surface area contributed by atoms with Gasteiger partial charge >= 0.3 is 5.97 Å². The number of aryl methyl sites for hydroxylation is 2. The van der Waals surface area contributed by atoms with Crippen LogP contribution < -0.4 is 4.90 Å². The van der Waals surface area contributed by atoms with E-state index in [0.717, 1.165) is 48.1 Å². The average Bonchev–Trinajstić information content (AvgIpc) is 2.63. The van der Waals surface area contributed by atoms with Crippen LogP contribution >= 0.6 is 0 Å². The molecule has 1 aliphatic heterocycles. The molecule has 136 valence electrons. The summed E-state index contributed by atoms with van der Waals surface area (Å²) in [5.74, 6) is -0.250. The van der Waals surface area contributed by atoms with Gasteiger partial charge < -0.3 is 9.64 Å². The number of amides is 1. The Kier molecular flexibility index (Phi) is 5.71. The zero-order valence-electron chi connectivity index (χ0n) is 15.5. The van der Waals surface area contributed by atoms with Gasteiger partial charge in [0.2, 0.25) is 5.91 Å². The second kappa shape index (κ2) is 8.17. The van der Waals surface area contributed by atoms with Crippen LogP contribution in [-0.4, -0.2) is 18.5 Å². The number of para-hydroxylation sites is 1. The number of benzene rings is 2. The second-order valence-corrected chi connectivity index (χ2v) is 6.71. The number of anilines is 1. The molecule has 4 nitrogen and oxygen atoms in total. The number of carbonyl (C=O) groups excluding carboxylic acids is 2. The number of fused-ring (bicyclic) bond motifs is 2. The first-order valence-electron chi connectivity index (χ1n) is 9.25. The molecule has 0 saturated carbocycles. The topological polar surface area (TPSA) is 46.6 Å². The fraction of sp³-hybridized carbons (Fsp3) is 0.364. The van der Waals surface area contributed by atoms with E-state index in [2.05, 4.69) is 13.0 Å². The minimum absolute atomic E-state index is 0.0216. The first-order valence-corrected chi connectivity index (χ1v) is 9.25. The van der Waals surface area contributed by atoms with Crippen molar-refractivity contribution in [3.8, 4) is 0 Å². The van der Waals surface area contributed by atoms with Crippen molar-refractivity contribution in [1.82, 2.24) is 0 Å². The zero-order chi connectivity index (χ0) is 18.5. The summed E-state index contributed by atoms with van der Waals surface area (Å²) >= 11 is 0. The van der Waals surface area contributed by atoms with Gasteiger partial charge in [0.05, 0.1) is 18.7 Å². The van der Waals surface area contributed by atoms with Gasteiger partial charge in [-0.1, -0.05) is 37.6 Å². The molecular formula is C22H25NO3. The molecule has 0 radical (unpaired) electrons. The summed E-state index contributed by atoms with van der Waals surface area (Å²) in [5.41, 5.74) is 4.91. The van der Waals surface area contributed by atoms with E-state index in [4.69, 9.17) is 4.74 Å². The van der Waals surface area contributed by atoms with Gasteiger partial charge in [-0.2, -0.15) is 0 Å². The maximum absolute atomic E-state index is 12.2. The van der Waals surface area contributed by atoms with Gasteiger partial charge in [0.25, 0.3) is 0 Å². The first kappa shape index (κ1) is 18.2. The zero-order valence-corrected chi connectivity index (χ0v) is 15.5. The predicted molar refractivity (Wildman–Crippen MR) is 102 cm³/mol. The highest BCUT2D eigenvalue weighted by Gasteiger charge is 2.21. The van der Waals surface area contributed by atoms with E-state index >= 15 is 0 Å². The van der Waals surface area contributed by atoms with E-state index in [1.807, 2.05) is 35.2 Å². The minimum atomic E-state index is -0.271. The van der Waals surface area contributed by atoms with Crippen molar-refractivity contribution in [2.24, 2.45) is 0 Å². The van der Waals surface area contributed by atoms with Gasteiger partial charge in [0, 0.05) is 12.6 Å². The minimum Gasteiger partial charge on any atom is -0.462 e. The van der Waals surface area contributed by atoms with Gasteiger partial charge in [-0.3, -0.25) is 4.79 Å². The smallest absolute Gasteiger partial charge is 0.338 e. The summed E-state index contributed by atoms with van der Waals surface area (Å²) in [6.45, 7) is 4.64. The molecule has 0 atom stereocenters. The van der Waals surface area contributed by atoms with Crippen molar-refractivity contribution >= 4 is 17.6 Å². The Balaban J connectivity index is 1.88. The molecule has 0 fully saturated rings. The standard InChI is InChI=1S/C22H25NO3/c1-3-4-13-26-22(25)19-11-12-20-15-23(16(2)24)21-8-6-5-7-17(21)9-10-18(20)14-19/h5-8,11-12,14H,3-4,9-10,13,15H2,1-2H3. The maximum Gasteiger partial charge on any atom is 0.338 e. The number of unbranched alkanes of at least 4 members (excludes halogenated alkanes) is 1. The predicted octanol–water partition coefficient (Wildman–Crippen LogP) is 4.30. The lowest BCUT2D eigenvalue weighted by Gasteiger charge is -2.28. The number of hydrogen-bond donors (Lipinski definition) is 0. The quantitative estimate of drug-likeness (QED) is 0.610. The number of hydrogen-bond acceptors (Lipinski definition) is 3. The number of ether oxygens (including phenoxy) is 1. The summed E-state index contributed by atoms with van der Waals surface area (Å²) in [6, 6.07) is 13.7. The van der Waals surface area contributed by atoms with Crippen molar-refractivity contribution < 1.29 is 14.3 Å². The van der Waals surface area contributed by atoms with Crippen LogP contribution in [0.25, 0.3) is 0 Å². The normalized spacial score (nSPS) is 13.2. The molecule has 2 aromatic rings. The lowest BCUT2D eigenvalue weighted by atomic mass is 9.94. The molecule has 0 unspecified atom stereocenters. The van der Waals surface area contributed by atoms with E-state index in [-0.39, 0.29) is 11.9 Å². The lowest BCUT2D eigenvalue weighted by Crippen LogP contribution is -2.30. The fourth-order valence-corrected chi connectivity index (χ4v) is 3.32. The number of carbonyl (C=O) groups is 2. The largest absolute Gasteiger partial charge is 0.462 e. The number of rotatable bonds is 4. The van der Waals surface area contributed by atoms with Gasteiger partial charge in [-0.25, -0.2) is 4.79 Å². The van der Waals surface area contributed by atoms with E-state index in [1.165, 1.54) is 0 Å². The Labute approximate surface area is 154 Å². The van der Waals surface area contributed by atoms with Crippen molar-refractivity contribution in [2.75, 3.05) is 11.5 Å². The Morgan fingerprint density at radius 1 is 1.04 bits per heavy atom. The van der Waals surface area contributed by atoms with Crippen LogP contribution in [0, 0.1) is 0 Å². The number of esters is 1. The summed E-state index contributed by atoms with van der Waals surface area (Å²) in [6.07, 6.45) is 3.55. The van der Waals surface area contributed by atoms with Gasteiger partial charge in [0.1, 0.15) is 0 Å². The molecule has 4 heteroatoms. The molecule has 1 amide bonds. The van der Waals surface area contributed by atoms with E-state index in [0.29, 0.717) is 18.7 Å². The van der Waals surface area contributed by atoms with Crippen LogP contribution in [0.15, 0.2) is 42.5 Å². The molecule has 0 spiro atoms. The van der Waals surface area contributed by atoms with Crippen molar-refractivity contribution in [3.05, 3.63) is 64.7 Å². The fourth-order valence-electron chi connectivity index (χ4n) is 3.32. The maximum atomic E-state index is 12.2. The Morgan fingerprint density at radius 3 is 2.58 bits per heavy atom. The highest BCUT2D eigenvalue weighted by molar-refractivity contribution is 5.93. The highest BCUT2D eigenvalue weighted by Crippen LogP contribution is 2.29. The molecule has 0 aliphatic carbocycles. The highest BCUT2D eigenvalue weighted by atomic mass is 16.5. The Hall–Kier alpha value is -2.62. The van der Waals surface area contributed by atoms with Crippen LogP contribution in [0.5, 0.6) is 0 Å². The van der Waals surface area contributed by atoms with Crippen LogP contribution in [-0.2, 0) is 28.9 Å². The van der Waals surface area contributed by atoms with Crippen LogP contribution in [0.3, 0.4) is 0 Å². The Bertz CT molecular complexity index is 813. The van der Waals surface area contributed by atoms with Crippen LogP contribution in [0.1, 0.15) is 53.7 Å². The third kappa shape index (κ3) is 3.96. The van der Waals surface area contributed by atoms with Crippen molar-refractivity contribution in [3.63, 3.8) is 0 Å². The molecule has 26 heavy (non-hydrogen) atoms. The van der Waals surface area contributed by atoms with Crippen LogP contribution in [0.4, 0.5) is 5.69 Å². The molecule has 3 rings (SSSR count). The lowest BCUT2D eigenvalue weighted by molar-refractivity contribution is -0.116. The molecule has 0 bridgehead atoms.